The maximum absolute atomic E-state index is 9.94. The molecule has 21 heavy (non-hydrogen) atoms. The normalized spacial score (nSPS) is 43.0. The predicted molar refractivity (Wildman–Crippen MR) is 76.6 cm³/mol. The zero-order valence-electron chi connectivity index (χ0n) is 11.2. The molecular weight excluding hydrogens is 284 g/mol. The second kappa shape index (κ2) is 3.79. The van der Waals surface area contributed by atoms with E-state index in [0.29, 0.717) is 12.4 Å². The third-order valence-electron chi connectivity index (χ3n) is 4.83. The summed E-state index contributed by atoms with van der Waals surface area (Å²) in [4.78, 5) is 3.10. The molecule has 2 heterocycles. The third-order valence-corrected chi connectivity index (χ3v) is 6.15. The van der Waals surface area contributed by atoms with Crippen molar-refractivity contribution < 1.29 is 9.73 Å². The minimum atomic E-state index is -1.01. The number of rotatable bonds is 1. The number of hydrogen-bond donors (Lipinski definition) is 2. The second-order valence-electron chi connectivity index (χ2n) is 5.54. The van der Waals surface area contributed by atoms with Crippen molar-refractivity contribution in [3.8, 4) is 12.1 Å². The van der Waals surface area contributed by atoms with Crippen LogP contribution in [0.1, 0.15) is 11.5 Å². The summed E-state index contributed by atoms with van der Waals surface area (Å²) in [6, 6.07) is 14.3. The number of nitrogens with zero attached hydrogens (tertiary/aromatic N) is 2. The van der Waals surface area contributed by atoms with Gasteiger partial charge in [0.1, 0.15) is 0 Å². The van der Waals surface area contributed by atoms with Gasteiger partial charge in [-0.15, -0.1) is 0 Å². The van der Waals surface area contributed by atoms with Gasteiger partial charge in [-0.25, -0.2) is 4.99 Å². The topological polar surface area (TPSA) is 96.8 Å². The van der Waals surface area contributed by atoms with E-state index in [1.54, 1.807) is 0 Å². The molecule has 1 aliphatic carbocycles. The fourth-order valence-electron chi connectivity index (χ4n) is 3.96. The molecule has 1 saturated heterocycles. The Morgan fingerprint density at radius 3 is 2.62 bits per heavy atom. The molecule has 104 valence electrons. The van der Waals surface area contributed by atoms with Crippen LogP contribution in [0.5, 0.6) is 0 Å². The number of nitrogens with one attached hydrogen (secondary N) is 1. The minimum Gasteiger partial charge on any atom is -0.327 e. The second-order valence-corrected chi connectivity index (χ2v) is 6.81. The van der Waals surface area contributed by atoms with E-state index in [2.05, 4.69) is 17.1 Å². The van der Waals surface area contributed by atoms with Gasteiger partial charge >= 0.3 is 0 Å². The summed E-state index contributed by atoms with van der Waals surface area (Å²) in [7, 11) is 0. The summed E-state index contributed by atoms with van der Waals surface area (Å²) in [6.07, 6.45) is 0. The highest BCUT2D eigenvalue weighted by Crippen LogP contribution is 2.80. The summed E-state index contributed by atoms with van der Waals surface area (Å²) in [5.41, 5.74) is 5.12. The SMILES string of the molecule is N#C[C@@]12[C@@H](c3ccccc3)[C@]1(C#N)C(N)=[NH+][C@@]21OCCS1. The number of fused-ring (bicyclic) bond motifs is 2. The van der Waals surface area contributed by atoms with Gasteiger partial charge in [-0.1, -0.05) is 42.1 Å². The molecule has 0 radical (unpaired) electrons. The van der Waals surface area contributed by atoms with Crippen molar-refractivity contribution in [1.29, 1.82) is 10.5 Å². The van der Waals surface area contributed by atoms with Crippen LogP contribution in [-0.4, -0.2) is 23.3 Å². The molecule has 4 rings (SSSR count). The number of hydrogen-bond acceptors (Lipinski definition) is 5. The van der Waals surface area contributed by atoms with Gasteiger partial charge < -0.3 is 4.74 Å². The first kappa shape index (κ1) is 12.7. The van der Waals surface area contributed by atoms with E-state index in [0.717, 1.165) is 11.3 Å². The van der Waals surface area contributed by atoms with Gasteiger partial charge in [0.2, 0.25) is 0 Å². The number of ether oxygens (including phenoxy) is 1. The van der Waals surface area contributed by atoms with Gasteiger partial charge in [0.25, 0.3) is 10.9 Å². The summed E-state index contributed by atoms with van der Waals surface area (Å²) in [5, 5.41) is 18.8. The average Bonchev–Trinajstić information content (AvgIpc) is 2.78. The van der Waals surface area contributed by atoms with Crippen LogP contribution in [0.2, 0.25) is 0 Å². The van der Waals surface area contributed by atoms with Crippen molar-refractivity contribution in [3.05, 3.63) is 35.9 Å². The Morgan fingerprint density at radius 2 is 2.05 bits per heavy atom. The lowest BCUT2D eigenvalue weighted by molar-refractivity contribution is -0.583. The molecule has 1 saturated carbocycles. The molecule has 5 nitrogen and oxygen atoms in total. The molecule has 1 aromatic carbocycles. The average molecular weight is 297 g/mol. The fourth-order valence-corrected chi connectivity index (χ4v) is 5.32. The van der Waals surface area contributed by atoms with Crippen molar-refractivity contribution in [2.75, 3.05) is 12.4 Å². The van der Waals surface area contributed by atoms with Gasteiger partial charge in [-0.05, 0) is 5.56 Å². The Kier molecular flexibility index (Phi) is 2.29. The predicted octanol–water partition coefficient (Wildman–Crippen LogP) is -0.328. The van der Waals surface area contributed by atoms with Crippen LogP contribution >= 0.6 is 11.8 Å². The highest BCUT2D eigenvalue weighted by atomic mass is 32.2. The van der Waals surface area contributed by atoms with E-state index in [1.807, 2.05) is 30.3 Å². The van der Waals surface area contributed by atoms with Crippen LogP contribution in [0, 0.1) is 33.5 Å². The van der Waals surface area contributed by atoms with E-state index >= 15 is 0 Å². The molecule has 1 aromatic rings. The Bertz CT molecular complexity index is 728. The van der Waals surface area contributed by atoms with Crippen LogP contribution in [0.15, 0.2) is 30.3 Å². The lowest BCUT2D eigenvalue weighted by atomic mass is 9.95. The van der Waals surface area contributed by atoms with Crippen molar-refractivity contribution in [3.63, 3.8) is 0 Å². The third kappa shape index (κ3) is 1.12. The van der Waals surface area contributed by atoms with E-state index in [9.17, 15) is 10.5 Å². The number of amidine groups is 1. The molecular formula is C15H13N4OS+. The van der Waals surface area contributed by atoms with Crippen molar-refractivity contribution in [1.82, 2.24) is 0 Å². The number of thioether (sulfide) groups is 1. The molecule has 6 heteroatoms. The van der Waals surface area contributed by atoms with Gasteiger partial charge in [-0.2, -0.15) is 10.5 Å². The summed E-state index contributed by atoms with van der Waals surface area (Å²) < 4.78 is 5.88. The van der Waals surface area contributed by atoms with Crippen LogP contribution in [-0.2, 0) is 4.74 Å². The summed E-state index contributed by atoms with van der Waals surface area (Å²) in [5.74, 6) is 0.884. The highest BCUT2D eigenvalue weighted by Gasteiger charge is 2.96. The smallest absolute Gasteiger partial charge is 0.277 e. The van der Waals surface area contributed by atoms with Crippen molar-refractivity contribution in [2.24, 2.45) is 16.6 Å². The van der Waals surface area contributed by atoms with Crippen molar-refractivity contribution in [2.45, 2.75) is 11.0 Å². The van der Waals surface area contributed by atoms with Gasteiger partial charge in [0.15, 0.2) is 10.8 Å². The highest BCUT2D eigenvalue weighted by molar-refractivity contribution is 8.00. The first-order chi connectivity index (χ1) is 10.2. The summed E-state index contributed by atoms with van der Waals surface area (Å²) >= 11 is 1.53. The van der Waals surface area contributed by atoms with E-state index < -0.39 is 15.9 Å². The van der Waals surface area contributed by atoms with Crippen LogP contribution in [0.3, 0.4) is 0 Å². The van der Waals surface area contributed by atoms with Crippen LogP contribution in [0.4, 0.5) is 0 Å². The summed E-state index contributed by atoms with van der Waals surface area (Å²) in [6.45, 7) is 0.553. The molecule has 0 amide bonds. The molecule has 0 bridgehead atoms. The van der Waals surface area contributed by atoms with Gasteiger partial charge in [-0.3, -0.25) is 5.73 Å². The first-order valence-electron chi connectivity index (χ1n) is 6.75. The fraction of sp³-hybridized carbons (Fsp3) is 0.400. The maximum atomic E-state index is 9.94. The Hall–Kier alpha value is -2.02. The van der Waals surface area contributed by atoms with Crippen LogP contribution < -0.4 is 10.7 Å². The molecule has 4 atom stereocenters. The lowest BCUT2D eigenvalue weighted by Crippen LogP contribution is -2.88. The molecule has 1 spiro atoms. The standard InChI is InChI=1S/C15H12N4OS/c16-8-13-11(10-4-2-1-3-5-10)14(13,9-17)15(19-12(13)18)20-6-7-21-15/h1-5,11H,6-7H2,(H2,18,19)/p+1/t11-,13+,14+,15+/m0/s1. The first-order valence-corrected chi connectivity index (χ1v) is 7.73. The number of benzene rings is 1. The Labute approximate surface area is 126 Å². The minimum absolute atomic E-state index is 0.256. The maximum Gasteiger partial charge on any atom is 0.277 e. The zero-order chi connectivity index (χ0) is 14.7. The van der Waals surface area contributed by atoms with Gasteiger partial charge in [0, 0.05) is 11.7 Å². The Morgan fingerprint density at radius 1 is 1.29 bits per heavy atom. The zero-order valence-corrected chi connectivity index (χ0v) is 12.0. The molecule has 3 aliphatic rings. The van der Waals surface area contributed by atoms with E-state index in [1.165, 1.54) is 11.8 Å². The van der Waals surface area contributed by atoms with Crippen LogP contribution in [0.25, 0.3) is 0 Å². The Balaban J connectivity index is 1.95. The molecule has 2 aliphatic heterocycles. The monoisotopic (exact) mass is 297 g/mol. The largest absolute Gasteiger partial charge is 0.327 e. The quantitative estimate of drug-likeness (QED) is 0.740. The van der Waals surface area contributed by atoms with Gasteiger partial charge in [0.05, 0.1) is 18.7 Å². The number of nitriles is 2. The molecule has 2 fully saturated rings. The lowest BCUT2D eigenvalue weighted by Gasteiger charge is -2.23. The molecule has 3 N–H and O–H groups in total. The van der Waals surface area contributed by atoms with Crippen molar-refractivity contribution >= 4 is 17.6 Å². The van der Waals surface area contributed by atoms with E-state index in [-0.39, 0.29) is 5.92 Å². The molecule has 0 aromatic heterocycles. The van der Waals surface area contributed by atoms with E-state index in [4.69, 9.17) is 10.5 Å². The molecule has 0 unspecified atom stereocenters. The number of nitrogens with two attached hydrogens (primary N) is 1.